The van der Waals surface area contributed by atoms with Gasteiger partial charge < -0.3 is 4.74 Å². The highest BCUT2D eigenvalue weighted by Crippen LogP contribution is 2.34. The van der Waals surface area contributed by atoms with Crippen molar-refractivity contribution in [3.63, 3.8) is 0 Å². The first-order valence-electron chi connectivity index (χ1n) is 6.53. The van der Waals surface area contributed by atoms with Crippen molar-refractivity contribution >= 4 is 5.97 Å². The van der Waals surface area contributed by atoms with E-state index >= 15 is 0 Å². The van der Waals surface area contributed by atoms with Crippen molar-refractivity contribution in [3.05, 3.63) is 48.0 Å². The van der Waals surface area contributed by atoms with E-state index in [1.54, 1.807) is 0 Å². The predicted molar refractivity (Wildman–Crippen MR) is 72.1 cm³/mol. The van der Waals surface area contributed by atoms with E-state index in [-0.39, 0.29) is 18.0 Å². The molecule has 96 valence electrons. The molecule has 1 aromatic carbocycles. The summed E-state index contributed by atoms with van der Waals surface area (Å²) in [5.41, 5.74) is 1.94. The Bertz CT molecular complexity index is 434. The van der Waals surface area contributed by atoms with Gasteiger partial charge in [-0.05, 0) is 24.3 Å². The molecule has 0 N–H and O–H groups in total. The molecule has 0 spiro atoms. The van der Waals surface area contributed by atoms with Crippen molar-refractivity contribution in [1.29, 1.82) is 0 Å². The number of cyclic esters (lactones) is 1. The van der Waals surface area contributed by atoms with Gasteiger partial charge in [-0.25, -0.2) is 4.79 Å². The van der Waals surface area contributed by atoms with Gasteiger partial charge in [0.15, 0.2) is 0 Å². The molecule has 2 rings (SSSR count). The van der Waals surface area contributed by atoms with Crippen LogP contribution in [0.25, 0.3) is 0 Å². The van der Waals surface area contributed by atoms with Crippen molar-refractivity contribution in [2.45, 2.75) is 32.8 Å². The second-order valence-corrected chi connectivity index (χ2v) is 5.27. The molecule has 0 aromatic heterocycles. The normalized spacial score (nSPS) is 23.5. The Kier molecular flexibility index (Phi) is 3.85. The number of carbonyl (C=O) groups excluding carboxylic acids is 1. The highest BCUT2D eigenvalue weighted by Gasteiger charge is 2.39. The monoisotopic (exact) mass is 244 g/mol. The molecule has 2 heteroatoms. The molecule has 1 heterocycles. The largest absolute Gasteiger partial charge is 0.458 e. The molecule has 2 atom stereocenters. The topological polar surface area (TPSA) is 26.3 Å². The molecule has 0 aliphatic carbocycles. The minimum atomic E-state index is -0.216. The summed E-state index contributed by atoms with van der Waals surface area (Å²) in [6.07, 6.45) is 1.88. The quantitative estimate of drug-likeness (QED) is 0.599. The molecule has 18 heavy (non-hydrogen) atoms. The average molecular weight is 244 g/mol. The van der Waals surface area contributed by atoms with Crippen LogP contribution in [0.4, 0.5) is 0 Å². The number of aryl methyl sites for hydroxylation is 1. The van der Waals surface area contributed by atoms with E-state index in [2.05, 4.69) is 32.6 Å². The maximum atomic E-state index is 11.6. The van der Waals surface area contributed by atoms with Crippen LogP contribution in [0, 0.1) is 11.8 Å². The van der Waals surface area contributed by atoms with Crippen LogP contribution in [0.1, 0.15) is 25.8 Å². The molecular formula is C16H20O2. The van der Waals surface area contributed by atoms with E-state index in [1.807, 2.05) is 18.2 Å². The Labute approximate surface area is 109 Å². The summed E-state index contributed by atoms with van der Waals surface area (Å²) in [7, 11) is 0. The number of benzene rings is 1. The van der Waals surface area contributed by atoms with Gasteiger partial charge in [0, 0.05) is 11.5 Å². The van der Waals surface area contributed by atoms with Crippen molar-refractivity contribution in [2.24, 2.45) is 11.8 Å². The Morgan fingerprint density at radius 2 is 1.94 bits per heavy atom. The van der Waals surface area contributed by atoms with Crippen molar-refractivity contribution < 1.29 is 9.53 Å². The molecule has 0 bridgehead atoms. The van der Waals surface area contributed by atoms with Crippen LogP contribution in [-0.2, 0) is 16.0 Å². The lowest BCUT2D eigenvalue weighted by atomic mass is 9.86. The Morgan fingerprint density at radius 1 is 1.28 bits per heavy atom. The summed E-state index contributed by atoms with van der Waals surface area (Å²) in [6.45, 7) is 8.07. The second-order valence-electron chi connectivity index (χ2n) is 5.27. The van der Waals surface area contributed by atoms with Gasteiger partial charge >= 0.3 is 5.97 Å². The molecule has 0 unspecified atom stereocenters. The van der Waals surface area contributed by atoms with Gasteiger partial charge in [-0.2, -0.15) is 0 Å². The fourth-order valence-electron chi connectivity index (χ4n) is 2.54. The highest BCUT2D eigenvalue weighted by molar-refractivity contribution is 5.90. The SMILES string of the molecule is C=C1C(=O)O[C@@H](C(C)C)[C@H]1CCc1ccccc1. The van der Waals surface area contributed by atoms with Crippen LogP contribution < -0.4 is 0 Å². The first-order chi connectivity index (χ1) is 8.59. The fraction of sp³-hybridized carbons (Fsp3) is 0.438. The minimum Gasteiger partial charge on any atom is -0.458 e. The number of esters is 1. The molecule has 1 saturated heterocycles. The summed E-state index contributed by atoms with van der Waals surface area (Å²) in [5.74, 6) is 0.290. The minimum absolute atomic E-state index is 0.00582. The predicted octanol–water partition coefficient (Wildman–Crippen LogP) is 3.37. The van der Waals surface area contributed by atoms with Gasteiger partial charge in [0.25, 0.3) is 0 Å². The third-order valence-electron chi connectivity index (χ3n) is 3.59. The third-order valence-corrected chi connectivity index (χ3v) is 3.59. The lowest BCUT2D eigenvalue weighted by Crippen LogP contribution is -2.23. The van der Waals surface area contributed by atoms with E-state index in [0.717, 1.165) is 12.8 Å². The number of ether oxygens (including phenoxy) is 1. The molecule has 1 fully saturated rings. The van der Waals surface area contributed by atoms with Gasteiger partial charge in [-0.1, -0.05) is 50.8 Å². The molecule has 1 aliphatic rings. The fourth-order valence-corrected chi connectivity index (χ4v) is 2.54. The maximum Gasteiger partial charge on any atom is 0.334 e. The molecule has 1 aliphatic heterocycles. The Balaban J connectivity index is 2.02. The van der Waals surface area contributed by atoms with E-state index in [0.29, 0.717) is 11.5 Å². The van der Waals surface area contributed by atoms with Crippen LogP contribution >= 0.6 is 0 Å². The number of hydrogen-bond donors (Lipinski definition) is 0. The van der Waals surface area contributed by atoms with Crippen molar-refractivity contribution in [3.8, 4) is 0 Å². The van der Waals surface area contributed by atoms with Gasteiger partial charge in [0.1, 0.15) is 6.10 Å². The standard InChI is InChI=1S/C16H20O2/c1-11(2)15-14(12(3)16(17)18-15)10-9-13-7-5-4-6-8-13/h4-8,11,14-15H,3,9-10H2,1-2H3/t14-,15-/m0/s1. The number of hydrogen-bond acceptors (Lipinski definition) is 2. The van der Waals surface area contributed by atoms with Gasteiger partial charge in [-0.15, -0.1) is 0 Å². The first kappa shape index (κ1) is 12.9. The van der Waals surface area contributed by atoms with Gasteiger partial charge in [0.2, 0.25) is 0 Å². The van der Waals surface area contributed by atoms with E-state index in [1.165, 1.54) is 5.56 Å². The van der Waals surface area contributed by atoms with Crippen LogP contribution in [-0.4, -0.2) is 12.1 Å². The van der Waals surface area contributed by atoms with Crippen LogP contribution in [0.2, 0.25) is 0 Å². The zero-order chi connectivity index (χ0) is 13.1. The number of rotatable bonds is 4. The summed E-state index contributed by atoms with van der Waals surface area (Å²) in [5, 5.41) is 0. The van der Waals surface area contributed by atoms with E-state index in [9.17, 15) is 4.79 Å². The van der Waals surface area contributed by atoms with E-state index < -0.39 is 0 Å². The summed E-state index contributed by atoms with van der Waals surface area (Å²) >= 11 is 0. The van der Waals surface area contributed by atoms with Gasteiger partial charge in [-0.3, -0.25) is 0 Å². The van der Waals surface area contributed by atoms with E-state index in [4.69, 9.17) is 4.74 Å². The third kappa shape index (κ3) is 2.63. The van der Waals surface area contributed by atoms with Crippen molar-refractivity contribution in [2.75, 3.05) is 0 Å². The average Bonchev–Trinajstić information content (AvgIpc) is 2.65. The summed E-state index contributed by atoms with van der Waals surface area (Å²) in [6, 6.07) is 10.3. The highest BCUT2D eigenvalue weighted by atomic mass is 16.6. The summed E-state index contributed by atoms with van der Waals surface area (Å²) < 4.78 is 5.40. The zero-order valence-corrected chi connectivity index (χ0v) is 11.1. The van der Waals surface area contributed by atoms with Crippen LogP contribution in [0.15, 0.2) is 42.5 Å². The van der Waals surface area contributed by atoms with Crippen LogP contribution in [0.5, 0.6) is 0 Å². The Morgan fingerprint density at radius 3 is 2.56 bits per heavy atom. The molecule has 1 aromatic rings. The molecule has 0 amide bonds. The van der Waals surface area contributed by atoms with Crippen LogP contribution in [0.3, 0.4) is 0 Å². The molecular weight excluding hydrogens is 224 g/mol. The molecule has 0 saturated carbocycles. The molecule has 2 nitrogen and oxygen atoms in total. The van der Waals surface area contributed by atoms with Crippen molar-refractivity contribution in [1.82, 2.24) is 0 Å². The zero-order valence-electron chi connectivity index (χ0n) is 11.1. The molecule has 0 radical (unpaired) electrons. The smallest absolute Gasteiger partial charge is 0.334 e. The summed E-state index contributed by atoms with van der Waals surface area (Å²) in [4.78, 5) is 11.6. The lowest BCUT2D eigenvalue weighted by molar-refractivity contribution is -0.140. The Hall–Kier alpha value is -1.57. The number of carbonyl (C=O) groups is 1. The maximum absolute atomic E-state index is 11.6. The first-order valence-corrected chi connectivity index (χ1v) is 6.53. The second kappa shape index (κ2) is 5.38. The van der Waals surface area contributed by atoms with Gasteiger partial charge in [0.05, 0.1) is 0 Å². The lowest BCUT2D eigenvalue weighted by Gasteiger charge is -2.20.